The number of halogens is 1. The lowest BCUT2D eigenvalue weighted by molar-refractivity contribution is -0.131. The van der Waals surface area contributed by atoms with Crippen LogP contribution in [0.1, 0.15) is 32.6 Å². The Bertz CT molecular complexity index is 616. The Labute approximate surface area is 141 Å². The normalized spacial score (nSPS) is 20.1. The molecule has 2 aliphatic rings. The highest BCUT2D eigenvalue weighted by atomic mass is 19.1. The van der Waals surface area contributed by atoms with Gasteiger partial charge in [0.1, 0.15) is 5.82 Å². The Morgan fingerprint density at radius 3 is 2.17 bits per heavy atom. The van der Waals surface area contributed by atoms with Crippen molar-refractivity contribution in [1.82, 2.24) is 9.80 Å². The number of nitrogens with one attached hydrogen (secondary N) is 1. The molecule has 0 bridgehead atoms. The van der Waals surface area contributed by atoms with Crippen molar-refractivity contribution in [3.63, 3.8) is 0 Å². The number of carbonyl (C=O) groups is 2. The van der Waals surface area contributed by atoms with E-state index in [-0.39, 0.29) is 23.2 Å². The summed E-state index contributed by atoms with van der Waals surface area (Å²) >= 11 is 0. The quantitative estimate of drug-likeness (QED) is 0.859. The number of benzene rings is 1. The first-order valence-corrected chi connectivity index (χ1v) is 8.54. The predicted octanol–water partition coefficient (Wildman–Crippen LogP) is 3.08. The van der Waals surface area contributed by atoms with Crippen LogP contribution in [-0.4, -0.2) is 47.9 Å². The molecule has 0 aromatic heterocycles. The number of anilines is 1. The second kappa shape index (κ2) is 6.79. The molecule has 0 atom stereocenters. The van der Waals surface area contributed by atoms with Crippen LogP contribution >= 0.6 is 0 Å². The molecule has 130 valence electrons. The van der Waals surface area contributed by atoms with E-state index in [2.05, 4.69) is 5.32 Å². The molecule has 3 amide bonds. The minimum atomic E-state index is -0.359. The Morgan fingerprint density at radius 1 is 1.04 bits per heavy atom. The van der Waals surface area contributed by atoms with E-state index in [4.69, 9.17) is 0 Å². The number of rotatable bonds is 1. The highest BCUT2D eigenvalue weighted by Crippen LogP contribution is 2.41. The van der Waals surface area contributed by atoms with Crippen molar-refractivity contribution >= 4 is 17.6 Å². The van der Waals surface area contributed by atoms with Gasteiger partial charge in [-0.25, -0.2) is 9.18 Å². The fourth-order valence-electron chi connectivity index (χ4n) is 3.75. The third-order valence-electron chi connectivity index (χ3n) is 5.46. The van der Waals surface area contributed by atoms with Crippen LogP contribution in [0.3, 0.4) is 0 Å². The van der Waals surface area contributed by atoms with Crippen LogP contribution in [0.5, 0.6) is 0 Å². The van der Waals surface area contributed by atoms with Crippen LogP contribution in [0.4, 0.5) is 14.9 Å². The number of hydrogen-bond donors (Lipinski definition) is 1. The van der Waals surface area contributed by atoms with Gasteiger partial charge in [0.15, 0.2) is 0 Å². The standard InChI is InChI=1S/C18H24FN3O2/c1-14(23)21-9-5-18(6-10-21)7-11-22(12-8-18)17(24)20-16-4-2-3-15(19)13-16/h2-4,13H,5-12H2,1H3,(H,20,24). The fourth-order valence-corrected chi connectivity index (χ4v) is 3.75. The predicted molar refractivity (Wildman–Crippen MR) is 90.1 cm³/mol. The SMILES string of the molecule is CC(=O)N1CCC2(CC1)CCN(C(=O)Nc1cccc(F)c1)CC2. The molecule has 2 aliphatic heterocycles. The van der Waals surface area contributed by atoms with Crippen molar-refractivity contribution in [1.29, 1.82) is 0 Å². The zero-order valence-electron chi connectivity index (χ0n) is 14.1. The van der Waals surface area contributed by atoms with Gasteiger partial charge in [0.25, 0.3) is 0 Å². The third kappa shape index (κ3) is 3.68. The zero-order valence-corrected chi connectivity index (χ0v) is 14.1. The summed E-state index contributed by atoms with van der Waals surface area (Å²) in [5.41, 5.74) is 0.747. The molecule has 2 saturated heterocycles. The van der Waals surface area contributed by atoms with E-state index in [9.17, 15) is 14.0 Å². The van der Waals surface area contributed by atoms with E-state index in [1.807, 2.05) is 4.90 Å². The van der Waals surface area contributed by atoms with Gasteiger partial charge in [-0.1, -0.05) is 6.07 Å². The monoisotopic (exact) mass is 333 g/mol. The van der Waals surface area contributed by atoms with Gasteiger partial charge in [0.05, 0.1) is 0 Å². The molecule has 0 unspecified atom stereocenters. The molecule has 0 aliphatic carbocycles. The molecule has 1 N–H and O–H groups in total. The maximum Gasteiger partial charge on any atom is 0.321 e. The van der Waals surface area contributed by atoms with Gasteiger partial charge in [0, 0.05) is 38.8 Å². The van der Waals surface area contributed by atoms with E-state index in [1.165, 1.54) is 12.1 Å². The van der Waals surface area contributed by atoms with Gasteiger partial charge in [0.2, 0.25) is 5.91 Å². The lowest BCUT2D eigenvalue weighted by Crippen LogP contribution is -2.49. The smallest absolute Gasteiger partial charge is 0.321 e. The fraction of sp³-hybridized carbons (Fsp3) is 0.556. The summed E-state index contributed by atoms with van der Waals surface area (Å²) in [4.78, 5) is 27.5. The average Bonchev–Trinajstić information content (AvgIpc) is 2.56. The van der Waals surface area contributed by atoms with Crippen LogP contribution in [0.2, 0.25) is 0 Å². The number of amides is 3. The summed E-state index contributed by atoms with van der Waals surface area (Å²) in [7, 11) is 0. The summed E-state index contributed by atoms with van der Waals surface area (Å²) in [6.07, 6.45) is 3.97. The van der Waals surface area contributed by atoms with Crippen LogP contribution < -0.4 is 5.32 Å². The van der Waals surface area contributed by atoms with Crippen molar-refractivity contribution < 1.29 is 14.0 Å². The van der Waals surface area contributed by atoms with Crippen LogP contribution in [0.15, 0.2) is 24.3 Å². The number of likely N-dealkylation sites (tertiary alicyclic amines) is 2. The van der Waals surface area contributed by atoms with Gasteiger partial charge in [-0.15, -0.1) is 0 Å². The lowest BCUT2D eigenvalue weighted by Gasteiger charge is -2.46. The maximum atomic E-state index is 13.2. The second-order valence-electron chi connectivity index (χ2n) is 6.93. The van der Waals surface area contributed by atoms with Crippen molar-refractivity contribution in [3.05, 3.63) is 30.1 Å². The summed E-state index contributed by atoms with van der Waals surface area (Å²) < 4.78 is 13.2. The molecular formula is C18H24FN3O2. The molecule has 0 saturated carbocycles. The van der Waals surface area contributed by atoms with Crippen molar-refractivity contribution in [2.75, 3.05) is 31.5 Å². The first kappa shape index (κ1) is 16.7. The van der Waals surface area contributed by atoms with Gasteiger partial charge in [-0.3, -0.25) is 4.79 Å². The molecule has 1 spiro atoms. The largest absolute Gasteiger partial charge is 0.343 e. The van der Waals surface area contributed by atoms with Gasteiger partial charge in [-0.05, 0) is 49.3 Å². The van der Waals surface area contributed by atoms with Crippen molar-refractivity contribution in [3.8, 4) is 0 Å². The number of urea groups is 1. The van der Waals surface area contributed by atoms with Gasteiger partial charge >= 0.3 is 6.03 Å². The van der Waals surface area contributed by atoms with Crippen LogP contribution in [0, 0.1) is 11.2 Å². The van der Waals surface area contributed by atoms with E-state index in [1.54, 1.807) is 24.0 Å². The summed E-state index contributed by atoms with van der Waals surface area (Å²) in [5, 5.41) is 2.76. The average molecular weight is 333 g/mol. The Kier molecular flexibility index (Phi) is 4.73. The highest BCUT2D eigenvalue weighted by Gasteiger charge is 2.38. The summed E-state index contributed by atoms with van der Waals surface area (Å²) in [6, 6.07) is 5.77. The van der Waals surface area contributed by atoms with E-state index in [0.29, 0.717) is 18.8 Å². The third-order valence-corrected chi connectivity index (χ3v) is 5.46. The maximum absolute atomic E-state index is 13.2. The Hall–Kier alpha value is -2.11. The molecule has 24 heavy (non-hydrogen) atoms. The minimum Gasteiger partial charge on any atom is -0.343 e. The number of nitrogens with zero attached hydrogens (tertiary/aromatic N) is 2. The molecule has 1 aromatic carbocycles. The minimum absolute atomic E-state index is 0.150. The molecule has 2 fully saturated rings. The summed E-state index contributed by atoms with van der Waals surface area (Å²) in [6.45, 7) is 4.69. The molecule has 3 rings (SSSR count). The Balaban J connectivity index is 1.52. The molecule has 2 heterocycles. The first-order chi connectivity index (χ1) is 11.5. The van der Waals surface area contributed by atoms with Gasteiger partial charge < -0.3 is 15.1 Å². The van der Waals surface area contributed by atoms with Crippen LogP contribution in [0.25, 0.3) is 0 Å². The van der Waals surface area contributed by atoms with Crippen molar-refractivity contribution in [2.45, 2.75) is 32.6 Å². The topological polar surface area (TPSA) is 52.7 Å². The second-order valence-corrected chi connectivity index (χ2v) is 6.93. The molecule has 6 heteroatoms. The molecule has 5 nitrogen and oxygen atoms in total. The number of piperidine rings is 2. The molecular weight excluding hydrogens is 309 g/mol. The lowest BCUT2D eigenvalue weighted by atomic mass is 9.71. The molecule has 0 radical (unpaired) electrons. The van der Waals surface area contributed by atoms with E-state index < -0.39 is 0 Å². The van der Waals surface area contributed by atoms with Crippen LogP contribution in [-0.2, 0) is 4.79 Å². The van der Waals surface area contributed by atoms with Crippen molar-refractivity contribution in [2.24, 2.45) is 5.41 Å². The van der Waals surface area contributed by atoms with E-state index in [0.717, 1.165) is 38.8 Å². The zero-order chi connectivity index (χ0) is 17.2. The van der Waals surface area contributed by atoms with Gasteiger partial charge in [-0.2, -0.15) is 0 Å². The number of carbonyl (C=O) groups excluding carboxylic acids is 2. The number of hydrogen-bond acceptors (Lipinski definition) is 2. The van der Waals surface area contributed by atoms with E-state index >= 15 is 0 Å². The Morgan fingerprint density at radius 2 is 1.62 bits per heavy atom. The highest BCUT2D eigenvalue weighted by molar-refractivity contribution is 5.89. The first-order valence-electron chi connectivity index (χ1n) is 8.54. The molecule has 1 aromatic rings. The summed E-state index contributed by atoms with van der Waals surface area (Å²) in [5.74, 6) is -0.209.